The summed E-state index contributed by atoms with van der Waals surface area (Å²) in [7, 11) is -0.245. The quantitative estimate of drug-likeness (QED) is 0.772. The van der Waals surface area contributed by atoms with Crippen LogP contribution in [0.2, 0.25) is 0 Å². The molecule has 0 saturated carbocycles. The number of nitrogens with zero attached hydrogens (tertiary/aromatic N) is 4. The monoisotopic (exact) mass is 255 g/mol. The molecule has 17 heavy (non-hydrogen) atoms. The van der Waals surface area contributed by atoms with Gasteiger partial charge in [-0.1, -0.05) is 0 Å². The summed E-state index contributed by atoms with van der Waals surface area (Å²) in [6, 6.07) is 1.85. The fourth-order valence-corrected chi connectivity index (χ4v) is 1.69. The maximum absolute atomic E-state index is 11.4. The molecule has 0 aliphatic carbocycles. The Morgan fingerprint density at radius 1 is 1.41 bits per heavy atom. The molecule has 0 atom stereocenters. The first-order valence-electron chi connectivity index (χ1n) is 4.82. The van der Waals surface area contributed by atoms with Gasteiger partial charge in [-0.15, -0.1) is 0 Å². The molecule has 1 rings (SSSR count). The van der Waals surface area contributed by atoms with Gasteiger partial charge in [-0.3, -0.25) is 0 Å². The Morgan fingerprint density at radius 2 is 2.12 bits per heavy atom. The molecule has 7 nitrogen and oxygen atoms in total. The highest BCUT2D eigenvalue weighted by Crippen LogP contribution is 2.00. The standard InChI is InChI=1S/C9H13N5O2S/c1-14(2)17(15,16)4-3-11-9-7-12-8(5-10)6-13-9/h6-7H,3-4H2,1-2H3,(H,11,13). The summed E-state index contributed by atoms with van der Waals surface area (Å²) < 4.78 is 24.0. The Kier molecular flexibility index (Phi) is 4.37. The zero-order chi connectivity index (χ0) is 12.9. The van der Waals surface area contributed by atoms with E-state index in [-0.39, 0.29) is 18.0 Å². The van der Waals surface area contributed by atoms with Crippen molar-refractivity contribution < 1.29 is 8.42 Å². The van der Waals surface area contributed by atoms with Gasteiger partial charge in [0.05, 0.1) is 18.1 Å². The van der Waals surface area contributed by atoms with Gasteiger partial charge in [-0.05, 0) is 0 Å². The summed E-state index contributed by atoms with van der Waals surface area (Å²) in [6.45, 7) is 0.237. The first kappa shape index (κ1) is 13.3. The molecule has 0 aromatic carbocycles. The van der Waals surface area contributed by atoms with Crippen molar-refractivity contribution >= 4 is 15.8 Å². The lowest BCUT2D eigenvalue weighted by Gasteiger charge is -2.11. The maximum Gasteiger partial charge on any atom is 0.215 e. The first-order chi connectivity index (χ1) is 7.95. The van der Waals surface area contributed by atoms with Crippen molar-refractivity contribution in [3.05, 3.63) is 18.1 Å². The van der Waals surface area contributed by atoms with Gasteiger partial charge in [0.2, 0.25) is 10.0 Å². The molecule has 0 aliphatic rings. The van der Waals surface area contributed by atoms with Crippen LogP contribution in [0, 0.1) is 11.3 Å². The van der Waals surface area contributed by atoms with Gasteiger partial charge in [0.1, 0.15) is 11.9 Å². The minimum atomic E-state index is -3.21. The number of rotatable bonds is 5. The van der Waals surface area contributed by atoms with Gasteiger partial charge in [-0.25, -0.2) is 22.7 Å². The van der Waals surface area contributed by atoms with Gasteiger partial charge in [0, 0.05) is 20.6 Å². The molecular formula is C9H13N5O2S. The molecule has 0 spiro atoms. The highest BCUT2D eigenvalue weighted by Gasteiger charge is 2.12. The van der Waals surface area contributed by atoms with Crippen LogP contribution in [0.5, 0.6) is 0 Å². The molecule has 0 unspecified atom stereocenters. The number of nitrogens with one attached hydrogen (secondary N) is 1. The minimum absolute atomic E-state index is 0.0261. The average Bonchev–Trinajstić information content (AvgIpc) is 2.29. The molecule has 92 valence electrons. The largest absolute Gasteiger partial charge is 0.368 e. The molecule has 0 bridgehead atoms. The molecule has 1 N–H and O–H groups in total. The van der Waals surface area contributed by atoms with Crippen LogP contribution >= 0.6 is 0 Å². The van der Waals surface area contributed by atoms with E-state index in [0.717, 1.165) is 0 Å². The first-order valence-corrected chi connectivity index (χ1v) is 6.43. The second kappa shape index (κ2) is 5.56. The molecular weight excluding hydrogens is 242 g/mol. The SMILES string of the molecule is CN(C)S(=O)(=O)CCNc1cnc(C#N)cn1. The van der Waals surface area contributed by atoms with Crippen LogP contribution in [0.4, 0.5) is 5.82 Å². The Labute approximate surface area is 100 Å². The Hall–Kier alpha value is -1.72. The topological polar surface area (TPSA) is 99.0 Å². The van der Waals surface area contributed by atoms with E-state index in [0.29, 0.717) is 5.82 Å². The van der Waals surface area contributed by atoms with Gasteiger partial charge in [-0.2, -0.15) is 5.26 Å². The van der Waals surface area contributed by atoms with Crippen LogP contribution in [0.3, 0.4) is 0 Å². The molecule has 0 radical (unpaired) electrons. The number of aromatic nitrogens is 2. The third-order valence-electron chi connectivity index (χ3n) is 1.99. The second-order valence-corrected chi connectivity index (χ2v) is 5.73. The summed E-state index contributed by atoms with van der Waals surface area (Å²) in [5.74, 6) is 0.416. The lowest BCUT2D eigenvalue weighted by Crippen LogP contribution is -2.28. The average molecular weight is 255 g/mol. The minimum Gasteiger partial charge on any atom is -0.368 e. The zero-order valence-corrected chi connectivity index (χ0v) is 10.4. The Morgan fingerprint density at radius 3 is 2.59 bits per heavy atom. The van der Waals surface area contributed by atoms with Crippen molar-refractivity contribution in [2.75, 3.05) is 31.7 Å². The summed E-state index contributed by atoms with van der Waals surface area (Å²) in [6.07, 6.45) is 2.71. The number of sulfonamides is 1. The van der Waals surface area contributed by atoms with Crippen LogP contribution < -0.4 is 5.32 Å². The third-order valence-corrected chi connectivity index (χ3v) is 3.82. The predicted octanol–water partition coefficient (Wildman–Crippen LogP) is -0.348. The smallest absolute Gasteiger partial charge is 0.215 e. The summed E-state index contributed by atoms with van der Waals surface area (Å²) >= 11 is 0. The Bertz CT molecular complexity index is 503. The van der Waals surface area contributed by atoms with E-state index in [1.54, 1.807) is 0 Å². The third kappa shape index (κ3) is 3.97. The number of nitriles is 1. The fourth-order valence-electron chi connectivity index (χ4n) is 0.968. The van der Waals surface area contributed by atoms with Crippen molar-refractivity contribution in [1.82, 2.24) is 14.3 Å². The van der Waals surface area contributed by atoms with Crippen molar-refractivity contribution in [2.24, 2.45) is 0 Å². The van der Waals surface area contributed by atoms with Crippen LogP contribution in [0.15, 0.2) is 12.4 Å². The number of anilines is 1. The summed E-state index contributed by atoms with van der Waals surface area (Å²) in [5.41, 5.74) is 0.219. The van der Waals surface area contributed by atoms with E-state index in [1.165, 1.54) is 30.8 Å². The second-order valence-electron chi connectivity index (χ2n) is 3.42. The van der Waals surface area contributed by atoms with Crippen LogP contribution in [0.25, 0.3) is 0 Å². The molecule has 1 aromatic rings. The lowest BCUT2D eigenvalue weighted by molar-refractivity contribution is 0.521. The van der Waals surface area contributed by atoms with Crippen molar-refractivity contribution in [1.29, 1.82) is 5.26 Å². The summed E-state index contributed by atoms with van der Waals surface area (Å²) in [4.78, 5) is 7.71. The molecule has 0 aliphatic heterocycles. The van der Waals surface area contributed by atoms with Crippen LogP contribution in [-0.4, -0.2) is 49.1 Å². The van der Waals surface area contributed by atoms with Crippen LogP contribution in [-0.2, 0) is 10.0 Å². The van der Waals surface area contributed by atoms with E-state index in [2.05, 4.69) is 15.3 Å². The predicted molar refractivity (Wildman–Crippen MR) is 62.7 cm³/mol. The molecule has 8 heteroatoms. The van der Waals surface area contributed by atoms with Gasteiger partial charge >= 0.3 is 0 Å². The molecule has 1 heterocycles. The normalized spacial score (nSPS) is 11.2. The van der Waals surface area contributed by atoms with E-state index in [4.69, 9.17) is 5.26 Å². The number of hydrogen-bond donors (Lipinski definition) is 1. The fraction of sp³-hybridized carbons (Fsp3) is 0.444. The van der Waals surface area contributed by atoms with E-state index in [1.807, 2.05) is 6.07 Å². The summed E-state index contributed by atoms with van der Waals surface area (Å²) in [5, 5.41) is 11.3. The van der Waals surface area contributed by atoms with E-state index in [9.17, 15) is 8.42 Å². The van der Waals surface area contributed by atoms with Crippen molar-refractivity contribution in [3.63, 3.8) is 0 Å². The Balaban J connectivity index is 2.49. The zero-order valence-electron chi connectivity index (χ0n) is 9.58. The highest BCUT2D eigenvalue weighted by atomic mass is 32.2. The molecule has 0 amide bonds. The molecule has 1 aromatic heterocycles. The lowest BCUT2D eigenvalue weighted by atomic mass is 10.5. The highest BCUT2D eigenvalue weighted by molar-refractivity contribution is 7.89. The maximum atomic E-state index is 11.4. The van der Waals surface area contributed by atoms with E-state index >= 15 is 0 Å². The van der Waals surface area contributed by atoms with Crippen molar-refractivity contribution in [2.45, 2.75) is 0 Å². The number of hydrogen-bond acceptors (Lipinski definition) is 6. The van der Waals surface area contributed by atoms with Gasteiger partial charge in [0.15, 0.2) is 5.69 Å². The van der Waals surface area contributed by atoms with E-state index < -0.39 is 10.0 Å². The van der Waals surface area contributed by atoms with Crippen molar-refractivity contribution in [3.8, 4) is 6.07 Å². The van der Waals surface area contributed by atoms with Crippen LogP contribution in [0.1, 0.15) is 5.69 Å². The molecule has 0 saturated heterocycles. The van der Waals surface area contributed by atoms with Gasteiger partial charge in [0.25, 0.3) is 0 Å². The van der Waals surface area contributed by atoms with Gasteiger partial charge < -0.3 is 5.32 Å². The molecule has 0 fully saturated rings.